The molecule has 0 unspecified atom stereocenters. The Balaban J connectivity index is 1.23. The van der Waals surface area contributed by atoms with Crippen LogP contribution in [0.1, 0.15) is 98.8 Å². The van der Waals surface area contributed by atoms with Crippen molar-refractivity contribution in [2.24, 2.45) is 63.6 Å². The largest absolute Gasteiger partial charge is 0.381 e. The molecular weight excluding hydrogens is 376 g/mol. The van der Waals surface area contributed by atoms with Gasteiger partial charge in [-0.2, -0.15) is 0 Å². The van der Waals surface area contributed by atoms with Crippen LogP contribution in [-0.2, 0) is 4.74 Å². The Kier molecular flexibility index (Phi) is 4.70. The van der Waals surface area contributed by atoms with Gasteiger partial charge in [0.2, 0.25) is 0 Å². The topological polar surface area (TPSA) is 9.23 Å². The van der Waals surface area contributed by atoms with Gasteiger partial charge in [0.05, 0.1) is 6.10 Å². The normalized spacial score (nSPS) is 58.2. The van der Waals surface area contributed by atoms with Crippen LogP contribution in [0.25, 0.3) is 0 Å². The standard InChI is InChI=1S/C30H48O/c1-18(22-15-20(22)3)7-8-19(2)24-9-10-25-23-16-27(31-6)30-17-21(30)11-14-29(30,5)26(23)12-13-28(24,25)4/h8,18,20-27H,7,9-17H2,1-6H3/b19-8-/t18-,20-,21+,22+,23+,24-,25+,26+,27-,28-,29-,30+/m1/s1. The van der Waals surface area contributed by atoms with Gasteiger partial charge in [-0.1, -0.05) is 39.3 Å². The van der Waals surface area contributed by atoms with Gasteiger partial charge >= 0.3 is 0 Å². The van der Waals surface area contributed by atoms with Crippen LogP contribution in [0.15, 0.2) is 11.6 Å². The third kappa shape index (κ3) is 2.71. The van der Waals surface area contributed by atoms with Crippen LogP contribution in [0, 0.1) is 63.6 Å². The van der Waals surface area contributed by atoms with Gasteiger partial charge in [0.25, 0.3) is 0 Å². The summed E-state index contributed by atoms with van der Waals surface area (Å²) < 4.78 is 6.31. The first-order valence-electron chi connectivity index (χ1n) is 14.0. The van der Waals surface area contributed by atoms with Crippen molar-refractivity contribution >= 4 is 0 Å². The first kappa shape index (κ1) is 21.2. The summed E-state index contributed by atoms with van der Waals surface area (Å²) in [6.45, 7) is 12.9. The molecule has 0 radical (unpaired) electrons. The quantitative estimate of drug-likeness (QED) is 0.408. The minimum atomic E-state index is 0.540. The van der Waals surface area contributed by atoms with Gasteiger partial charge < -0.3 is 4.74 Å². The van der Waals surface area contributed by atoms with Crippen molar-refractivity contribution in [1.29, 1.82) is 0 Å². The summed E-state index contributed by atoms with van der Waals surface area (Å²) in [5.41, 5.74) is 3.43. The lowest BCUT2D eigenvalue weighted by molar-refractivity contribution is -0.158. The molecular formula is C30H48O. The van der Waals surface area contributed by atoms with Gasteiger partial charge in [0.15, 0.2) is 0 Å². The molecule has 1 nitrogen and oxygen atoms in total. The second kappa shape index (κ2) is 6.86. The fourth-order valence-electron chi connectivity index (χ4n) is 11.2. The molecule has 0 aromatic carbocycles. The lowest BCUT2D eigenvalue weighted by Crippen LogP contribution is -2.56. The van der Waals surface area contributed by atoms with Crippen molar-refractivity contribution in [3.05, 3.63) is 11.6 Å². The Morgan fingerprint density at radius 2 is 1.84 bits per heavy atom. The van der Waals surface area contributed by atoms with Crippen LogP contribution < -0.4 is 0 Å². The average molecular weight is 425 g/mol. The molecule has 12 atom stereocenters. The zero-order valence-electron chi connectivity index (χ0n) is 21.3. The average Bonchev–Trinajstić information content (AvgIpc) is 3.60. The van der Waals surface area contributed by atoms with Crippen LogP contribution >= 0.6 is 0 Å². The van der Waals surface area contributed by atoms with E-state index in [2.05, 4.69) is 40.7 Å². The van der Waals surface area contributed by atoms with Crippen molar-refractivity contribution in [2.45, 2.75) is 105 Å². The van der Waals surface area contributed by atoms with E-state index in [1.54, 1.807) is 5.57 Å². The van der Waals surface area contributed by atoms with E-state index in [1.165, 1.54) is 64.2 Å². The van der Waals surface area contributed by atoms with Crippen LogP contribution in [0.4, 0.5) is 0 Å². The van der Waals surface area contributed by atoms with Crippen LogP contribution in [0.5, 0.6) is 0 Å². The molecule has 0 amide bonds. The molecule has 0 heterocycles. The third-order valence-electron chi connectivity index (χ3n) is 13.1. The SMILES string of the molecule is CO[C@@H]1C[C@H]2[C@@H]3CC[C@H](/C(C)=C\C[C@@H](C)[C@@H]4C[C@H]4C)[C@@]3(C)CC[C@@H]2[C@@]2(C)CC[C@H]3C[C@]312. The summed E-state index contributed by atoms with van der Waals surface area (Å²) in [4.78, 5) is 0. The predicted molar refractivity (Wildman–Crippen MR) is 129 cm³/mol. The van der Waals surface area contributed by atoms with Gasteiger partial charge in [-0.15, -0.1) is 0 Å². The number of methoxy groups -OCH3 is 1. The summed E-state index contributed by atoms with van der Waals surface area (Å²) in [7, 11) is 2.03. The van der Waals surface area contributed by atoms with Crippen molar-refractivity contribution < 1.29 is 4.74 Å². The van der Waals surface area contributed by atoms with Gasteiger partial charge in [-0.25, -0.2) is 0 Å². The summed E-state index contributed by atoms with van der Waals surface area (Å²) in [5, 5.41) is 0. The summed E-state index contributed by atoms with van der Waals surface area (Å²) in [5.74, 6) is 7.54. The maximum atomic E-state index is 6.31. The van der Waals surface area contributed by atoms with Crippen LogP contribution in [-0.4, -0.2) is 13.2 Å². The van der Waals surface area contributed by atoms with E-state index in [0.29, 0.717) is 22.3 Å². The summed E-state index contributed by atoms with van der Waals surface area (Å²) >= 11 is 0. The molecule has 0 aliphatic heterocycles. The molecule has 6 aliphatic carbocycles. The second-order valence-electron chi connectivity index (χ2n) is 13.9. The minimum absolute atomic E-state index is 0.540. The molecule has 0 aromatic heterocycles. The van der Waals surface area contributed by atoms with Crippen LogP contribution in [0.3, 0.4) is 0 Å². The molecule has 0 bridgehead atoms. The van der Waals surface area contributed by atoms with Crippen molar-refractivity contribution in [2.75, 3.05) is 7.11 Å². The van der Waals surface area contributed by atoms with E-state index in [4.69, 9.17) is 4.74 Å². The number of fused-ring (bicyclic) bond motifs is 4. The highest BCUT2D eigenvalue weighted by molar-refractivity contribution is 5.27. The Labute approximate surface area is 192 Å². The predicted octanol–water partition coefficient (Wildman–Crippen LogP) is 7.90. The summed E-state index contributed by atoms with van der Waals surface area (Å²) in [6, 6.07) is 0. The van der Waals surface area contributed by atoms with Crippen LogP contribution in [0.2, 0.25) is 0 Å². The van der Waals surface area contributed by atoms with Gasteiger partial charge in [-0.05, 0) is 129 Å². The highest BCUT2D eigenvalue weighted by Crippen LogP contribution is 2.82. The van der Waals surface area contributed by atoms with E-state index in [1.807, 2.05) is 7.11 Å². The first-order chi connectivity index (χ1) is 14.8. The monoisotopic (exact) mass is 424 g/mol. The zero-order valence-corrected chi connectivity index (χ0v) is 21.3. The maximum Gasteiger partial charge on any atom is 0.0638 e. The third-order valence-corrected chi connectivity index (χ3v) is 13.1. The molecule has 1 heteroatoms. The highest BCUT2D eigenvalue weighted by Gasteiger charge is 2.77. The van der Waals surface area contributed by atoms with Gasteiger partial charge in [-0.3, -0.25) is 0 Å². The van der Waals surface area contributed by atoms with E-state index in [0.717, 1.165) is 47.3 Å². The number of rotatable bonds is 5. The maximum absolute atomic E-state index is 6.31. The second-order valence-corrected chi connectivity index (χ2v) is 13.9. The molecule has 0 N–H and O–H groups in total. The molecule has 0 aromatic rings. The Morgan fingerprint density at radius 3 is 2.52 bits per heavy atom. The molecule has 31 heavy (non-hydrogen) atoms. The molecule has 0 saturated heterocycles. The zero-order chi connectivity index (χ0) is 21.8. The van der Waals surface area contributed by atoms with E-state index in [9.17, 15) is 0 Å². The molecule has 6 fully saturated rings. The number of hydrogen-bond donors (Lipinski definition) is 0. The van der Waals surface area contributed by atoms with Gasteiger partial charge in [0.1, 0.15) is 0 Å². The Hall–Kier alpha value is -0.300. The van der Waals surface area contributed by atoms with E-state index >= 15 is 0 Å². The van der Waals surface area contributed by atoms with Crippen molar-refractivity contribution in [1.82, 2.24) is 0 Å². The highest BCUT2D eigenvalue weighted by atomic mass is 16.5. The Bertz CT molecular complexity index is 768. The lowest BCUT2D eigenvalue weighted by Gasteiger charge is -2.60. The van der Waals surface area contributed by atoms with E-state index in [-0.39, 0.29) is 0 Å². The van der Waals surface area contributed by atoms with Gasteiger partial charge in [0, 0.05) is 12.5 Å². The fraction of sp³-hybridized carbons (Fsp3) is 0.933. The molecule has 6 aliphatic rings. The lowest BCUT2D eigenvalue weighted by atomic mass is 9.45. The fourth-order valence-corrected chi connectivity index (χ4v) is 11.2. The number of hydrogen-bond acceptors (Lipinski definition) is 1. The smallest absolute Gasteiger partial charge is 0.0638 e. The van der Waals surface area contributed by atoms with E-state index < -0.39 is 0 Å². The molecule has 174 valence electrons. The summed E-state index contributed by atoms with van der Waals surface area (Å²) in [6.07, 6.45) is 17.8. The molecule has 6 saturated carbocycles. The minimum Gasteiger partial charge on any atom is -0.381 e. The number of allylic oxidation sites excluding steroid dienone is 2. The molecule has 1 spiro atoms. The first-order valence-corrected chi connectivity index (χ1v) is 14.0. The molecule has 6 rings (SSSR count). The van der Waals surface area contributed by atoms with Crippen molar-refractivity contribution in [3.8, 4) is 0 Å². The number of ether oxygens (including phenoxy) is 1. The van der Waals surface area contributed by atoms with Crippen molar-refractivity contribution in [3.63, 3.8) is 0 Å². The Morgan fingerprint density at radius 1 is 1.06 bits per heavy atom.